The smallest absolute Gasteiger partial charge is 0.333 e. The number of hydrogen-bond donors (Lipinski definition) is 1. The van der Waals surface area contributed by atoms with E-state index in [-0.39, 0.29) is 5.70 Å². The molecule has 3 aromatic carbocycles. The first-order valence-corrected chi connectivity index (χ1v) is 9.79. The van der Waals surface area contributed by atoms with Crippen LogP contribution >= 0.6 is 11.6 Å². The molecule has 1 heterocycles. The number of halogens is 1. The van der Waals surface area contributed by atoms with Crippen LogP contribution in [0.4, 0.5) is 10.5 Å². The molecule has 1 saturated heterocycles. The van der Waals surface area contributed by atoms with E-state index in [0.29, 0.717) is 28.6 Å². The average molecular weight is 419 g/mol. The highest BCUT2D eigenvalue weighted by Crippen LogP contribution is 2.27. The molecule has 0 saturated carbocycles. The Morgan fingerprint density at radius 3 is 2.40 bits per heavy atom. The maximum Gasteiger partial charge on any atom is 0.333 e. The molecule has 0 spiro atoms. The van der Waals surface area contributed by atoms with Crippen molar-refractivity contribution in [3.63, 3.8) is 0 Å². The van der Waals surface area contributed by atoms with Crippen molar-refractivity contribution in [3.05, 3.63) is 100 Å². The molecular formula is C24H19ClN2O3. The van der Waals surface area contributed by atoms with Gasteiger partial charge in [0.2, 0.25) is 0 Å². The molecule has 0 radical (unpaired) electrons. The second-order valence-corrected chi connectivity index (χ2v) is 7.35. The van der Waals surface area contributed by atoms with Gasteiger partial charge in [0.1, 0.15) is 18.1 Å². The Bertz CT molecular complexity index is 1120. The van der Waals surface area contributed by atoms with Gasteiger partial charge in [-0.15, -0.1) is 0 Å². The van der Waals surface area contributed by atoms with Crippen LogP contribution in [0.5, 0.6) is 5.75 Å². The predicted octanol–water partition coefficient (Wildman–Crippen LogP) is 5.32. The largest absolute Gasteiger partial charge is 0.488 e. The number of anilines is 1. The Hall–Kier alpha value is -3.57. The van der Waals surface area contributed by atoms with E-state index >= 15 is 0 Å². The van der Waals surface area contributed by atoms with E-state index < -0.39 is 11.9 Å². The lowest BCUT2D eigenvalue weighted by Crippen LogP contribution is -2.30. The van der Waals surface area contributed by atoms with Crippen molar-refractivity contribution < 1.29 is 14.3 Å². The number of nitrogens with zero attached hydrogens (tertiary/aromatic N) is 1. The standard InChI is InChI=1S/C24H19ClN2O3/c1-16-6-8-17(9-7-16)15-30-22-5-3-2-4-18(22)14-21-23(28)27(24(29)26-21)20-12-10-19(25)11-13-20/h2-14H,15H2,1H3,(H,26,29)/b21-14+. The summed E-state index contributed by atoms with van der Waals surface area (Å²) in [7, 11) is 0. The van der Waals surface area contributed by atoms with Crippen LogP contribution in [0.3, 0.4) is 0 Å². The zero-order valence-corrected chi connectivity index (χ0v) is 17.0. The van der Waals surface area contributed by atoms with Crippen molar-refractivity contribution in [1.82, 2.24) is 5.32 Å². The summed E-state index contributed by atoms with van der Waals surface area (Å²) in [5.41, 5.74) is 3.56. The molecule has 3 aromatic rings. The Morgan fingerprint density at radius 2 is 1.67 bits per heavy atom. The van der Waals surface area contributed by atoms with Gasteiger partial charge >= 0.3 is 6.03 Å². The number of hydrogen-bond acceptors (Lipinski definition) is 3. The van der Waals surface area contributed by atoms with E-state index in [1.165, 1.54) is 5.56 Å². The van der Waals surface area contributed by atoms with E-state index in [9.17, 15) is 9.59 Å². The number of rotatable bonds is 5. The maximum absolute atomic E-state index is 12.8. The van der Waals surface area contributed by atoms with Crippen LogP contribution in [-0.2, 0) is 11.4 Å². The number of para-hydroxylation sites is 1. The molecule has 30 heavy (non-hydrogen) atoms. The predicted molar refractivity (Wildman–Crippen MR) is 117 cm³/mol. The van der Waals surface area contributed by atoms with Gasteiger partial charge in [-0.3, -0.25) is 4.79 Å². The highest BCUT2D eigenvalue weighted by atomic mass is 35.5. The minimum absolute atomic E-state index is 0.182. The molecule has 3 amide bonds. The summed E-state index contributed by atoms with van der Waals surface area (Å²) in [5, 5.41) is 3.16. The number of imide groups is 1. The normalized spacial score (nSPS) is 14.9. The molecule has 0 aromatic heterocycles. The molecule has 1 aliphatic heterocycles. The van der Waals surface area contributed by atoms with Gasteiger partial charge in [0.15, 0.2) is 0 Å². The fraction of sp³-hybridized carbons (Fsp3) is 0.0833. The molecule has 1 aliphatic rings. The van der Waals surface area contributed by atoms with Crippen LogP contribution in [0.25, 0.3) is 6.08 Å². The number of carbonyl (C=O) groups excluding carboxylic acids is 2. The van der Waals surface area contributed by atoms with Crippen LogP contribution in [0.2, 0.25) is 5.02 Å². The first-order valence-electron chi connectivity index (χ1n) is 9.41. The molecular weight excluding hydrogens is 400 g/mol. The summed E-state index contributed by atoms with van der Waals surface area (Å²) in [4.78, 5) is 26.3. The van der Waals surface area contributed by atoms with Gasteiger partial charge in [0, 0.05) is 10.6 Å². The van der Waals surface area contributed by atoms with Crippen molar-refractivity contribution in [2.45, 2.75) is 13.5 Å². The number of benzene rings is 3. The number of urea groups is 1. The molecule has 0 bridgehead atoms. The van der Waals surface area contributed by atoms with Crippen molar-refractivity contribution in [3.8, 4) is 5.75 Å². The Kier molecular flexibility index (Phi) is 5.55. The lowest BCUT2D eigenvalue weighted by molar-refractivity contribution is -0.113. The second kappa shape index (κ2) is 8.43. The van der Waals surface area contributed by atoms with Gasteiger partial charge in [-0.25, -0.2) is 9.69 Å². The summed E-state index contributed by atoms with van der Waals surface area (Å²) < 4.78 is 5.96. The maximum atomic E-state index is 12.8. The lowest BCUT2D eigenvalue weighted by atomic mass is 10.1. The first kappa shape index (κ1) is 19.7. The van der Waals surface area contributed by atoms with E-state index in [0.717, 1.165) is 10.5 Å². The first-order chi connectivity index (χ1) is 14.5. The fourth-order valence-corrected chi connectivity index (χ4v) is 3.22. The number of ether oxygens (including phenoxy) is 1. The number of amides is 3. The third-order valence-corrected chi connectivity index (χ3v) is 4.95. The molecule has 6 heteroatoms. The average Bonchev–Trinajstić information content (AvgIpc) is 3.02. The Balaban J connectivity index is 1.56. The molecule has 0 unspecified atom stereocenters. The van der Waals surface area contributed by atoms with Crippen LogP contribution in [-0.4, -0.2) is 11.9 Å². The van der Waals surface area contributed by atoms with Crippen LogP contribution in [0.15, 0.2) is 78.5 Å². The topological polar surface area (TPSA) is 58.6 Å². The zero-order valence-electron chi connectivity index (χ0n) is 16.3. The van der Waals surface area contributed by atoms with Gasteiger partial charge in [0.05, 0.1) is 5.69 Å². The van der Waals surface area contributed by atoms with Crippen molar-refractivity contribution >= 4 is 35.3 Å². The SMILES string of the molecule is Cc1ccc(COc2ccccc2/C=C2/NC(=O)N(c3ccc(Cl)cc3)C2=O)cc1. The molecule has 5 nitrogen and oxygen atoms in total. The van der Waals surface area contributed by atoms with Gasteiger partial charge in [-0.1, -0.05) is 59.6 Å². The van der Waals surface area contributed by atoms with E-state index in [4.69, 9.17) is 16.3 Å². The molecule has 1 fully saturated rings. The Labute approximate surface area is 179 Å². The highest BCUT2D eigenvalue weighted by molar-refractivity contribution is 6.31. The van der Waals surface area contributed by atoms with Gasteiger partial charge in [-0.05, 0) is 48.9 Å². The zero-order chi connectivity index (χ0) is 21.1. The Morgan fingerprint density at radius 1 is 0.967 bits per heavy atom. The van der Waals surface area contributed by atoms with E-state index in [1.807, 2.05) is 55.5 Å². The number of aryl methyl sites for hydroxylation is 1. The highest BCUT2D eigenvalue weighted by Gasteiger charge is 2.34. The second-order valence-electron chi connectivity index (χ2n) is 6.92. The molecule has 150 valence electrons. The third-order valence-electron chi connectivity index (χ3n) is 4.70. The van der Waals surface area contributed by atoms with E-state index in [2.05, 4.69) is 5.32 Å². The van der Waals surface area contributed by atoms with Crippen molar-refractivity contribution in [2.75, 3.05) is 4.90 Å². The number of carbonyl (C=O) groups is 2. The molecule has 1 N–H and O–H groups in total. The summed E-state index contributed by atoms with van der Waals surface area (Å²) in [6, 6.07) is 21.5. The molecule has 0 aliphatic carbocycles. The van der Waals surface area contributed by atoms with E-state index in [1.54, 1.807) is 30.3 Å². The fourth-order valence-electron chi connectivity index (χ4n) is 3.09. The monoisotopic (exact) mass is 418 g/mol. The van der Waals surface area contributed by atoms with Crippen LogP contribution in [0.1, 0.15) is 16.7 Å². The van der Waals surface area contributed by atoms with Crippen molar-refractivity contribution in [1.29, 1.82) is 0 Å². The van der Waals surface area contributed by atoms with Gasteiger partial charge in [0.25, 0.3) is 5.91 Å². The van der Waals surface area contributed by atoms with Gasteiger partial charge < -0.3 is 10.1 Å². The van der Waals surface area contributed by atoms with Gasteiger partial charge in [-0.2, -0.15) is 0 Å². The van der Waals surface area contributed by atoms with Crippen LogP contribution < -0.4 is 15.0 Å². The minimum atomic E-state index is -0.508. The molecule has 0 atom stereocenters. The van der Waals surface area contributed by atoms with Crippen LogP contribution in [0, 0.1) is 6.92 Å². The minimum Gasteiger partial charge on any atom is -0.488 e. The third kappa shape index (κ3) is 4.21. The summed E-state index contributed by atoms with van der Waals surface area (Å²) >= 11 is 5.90. The quantitative estimate of drug-likeness (QED) is 0.450. The van der Waals surface area contributed by atoms with Crippen molar-refractivity contribution in [2.24, 2.45) is 0 Å². The number of nitrogens with one attached hydrogen (secondary N) is 1. The lowest BCUT2D eigenvalue weighted by Gasteiger charge is -2.11. The summed E-state index contributed by atoms with van der Waals surface area (Å²) in [5.74, 6) is 0.188. The molecule has 4 rings (SSSR count). The summed E-state index contributed by atoms with van der Waals surface area (Å²) in [6.45, 7) is 2.43. The summed E-state index contributed by atoms with van der Waals surface area (Å²) in [6.07, 6.45) is 1.63.